The summed E-state index contributed by atoms with van der Waals surface area (Å²) in [5.74, 6) is 0. The number of hydrogen-bond acceptors (Lipinski definition) is 3. The van der Waals surface area contributed by atoms with Crippen LogP contribution >= 0.6 is 11.3 Å². The molecule has 2 rings (SSSR count). The predicted molar refractivity (Wildman–Crippen MR) is 91.5 cm³/mol. The standard InChI is InChI=1S/C16H20N2O2S2/c1-3-14(15-5-4-10-21-15)18-16(19)17-11-12-6-8-13(9-7-12)22(2)20/h4-10,14H,3,11H2,1-2H3,(H2,17,18,19)/t14-,22-/m1/s1. The topological polar surface area (TPSA) is 58.2 Å². The van der Waals surface area contributed by atoms with Gasteiger partial charge >= 0.3 is 6.03 Å². The Balaban J connectivity index is 1.85. The molecule has 2 N–H and O–H groups in total. The van der Waals surface area contributed by atoms with Crippen molar-refractivity contribution in [3.8, 4) is 0 Å². The SMILES string of the molecule is CC[C@@H](NC(=O)NCc1ccc([S@@](C)=O)cc1)c1cccs1. The van der Waals surface area contributed by atoms with Gasteiger partial charge in [0.15, 0.2) is 0 Å². The van der Waals surface area contributed by atoms with E-state index >= 15 is 0 Å². The van der Waals surface area contributed by atoms with Crippen LogP contribution in [0.1, 0.15) is 29.8 Å². The van der Waals surface area contributed by atoms with Crippen molar-refractivity contribution in [1.29, 1.82) is 0 Å². The van der Waals surface area contributed by atoms with Gasteiger partial charge in [0, 0.05) is 33.4 Å². The van der Waals surface area contributed by atoms with E-state index in [4.69, 9.17) is 0 Å². The van der Waals surface area contributed by atoms with Crippen LogP contribution in [-0.4, -0.2) is 16.5 Å². The van der Waals surface area contributed by atoms with E-state index in [9.17, 15) is 9.00 Å². The summed E-state index contributed by atoms with van der Waals surface area (Å²) in [4.78, 5) is 13.9. The van der Waals surface area contributed by atoms with Crippen molar-refractivity contribution in [2.45, 2.75) is 30.8 Å². The van der Waals surface area contributed by atoms with E-state index in [1.54, 1.807) is 17.6 Å². The number of amides is 2. The molecule has 0 spiro atoms. The average Bonchev–Trinajstić information content (AvgIpc) is 3.05. The lowest BCUT2D eigenvalue weighted by molar-refractivity contribution is 0.236. The lowest BCUT2D eigenvalue weighted by Gasteiger charge is -2.16. The van der Waals surface area contributed by atoms with Crippen molar-refractivity contribution in [3.05, 3.63) is 52.2 Å². The monoisotopic (exact) mass is 336 g/mol. The lowest BCUT2D eigenvalue weighted by atomic mass is 10.2. The summed E-state index contributed by atoms with van der Waals surface area (Å²) >= 11 is 1.65. The second-order valence-corrected chi connectivity index (χ2v) is 7.26. The number of rotatable bonds is 6. The fourth-order valence-electron chi connectivity index (χ4n) is 2.05. The van der Waals surface area contributed by atoms with E-state index in [1.165, 1.54) is 0 Å². The third-order valence-electron chi connectivity index (χ3n) is 3.31. The summed E-state index contributed by atoms with van der Waals surface area (Å²) in [5, 5.41) is 7.84. The zero-order chi connectivity index (χ0) is 15.9. The van der Waals surface area contributed by atoms with Crippen LogP contribution in [0.2, 0.25) is 0 Å². The van der Waals surface area contributed by atoms with E-state index in [0.29, 0.717) is 6.54 Å². The van der Waals surface area contributed by atoms with E-state index < -0.39 is 10.8 Å². The molecule has 2 atom stereocenters. The molecule has 0 radical (unpaired) electrons. The highest BCUT2D eigenvalue weighted by atomic mass is 32.2. The minimum atomic E-state index is -0.975. The molecule has 1 heterocycles. The Morgan fingerprint density at radius 2 is 2.00 bits per heavy atom. The number of nitrogens with one attached hydrogen (secondary N) is 2. The highest BCUT2D eigenvalue weighted by Crippen LogP contribution is 2.21. The van der Waals surface area contributed by atoms with E-state index in [0.717, 1.165) is 21.8 Å². The number of thiophene rings is 1. The van der Waals surface area contributed by atoms with Gasteiger partial charge in [0.05, 0.1) is 6.04 Å². The molecule has 118 valence electrons. The van der Waals surface area contributed by atoms with E-state index in [2.05, 4.69) is 10.6 Å². The van der Waals surface area contributed by atoms with Crippen molar-refractivity contribution >= 4 is 28.2 Å². The molecule has 0 saturated heterocycles. The summed E-state index contributed by atoms with van der Waals surface area (Å²) in [6, 6.07) is 11.3. The molecular weight excluding hydrogens is 316 g/mol. The van der Waals surface area contributed by atoms with Crippen LogP contribution in [0.15, 0.2) is 46.7 Å². The number of urea groups is 1. The quantitative estimate of drug-likeness (QED) is 0.849. The Labute approximate surface area is 137 Å². The predicted octanol–water partition coefficient (Wildman–Crippen LogP) is 3.44. The molecule has 0 aliphatic heterocycles. The number of carbonyl (C=O) groups excluding carboxylic acids is 1. The molecule has 2 amide bonds. The molecule has 2 aromatic rings. The third-order valence-corrected chi connectivity index (χ3v) is 5.23. The van der Waals surface area contributed by atoms with Crippen molar-refractivity contribution < 1.29 is 9.00 Å². The van der Waals surface area contributed by atoms with E-state index in [-0.39, 0.29) is 12.1 Å². The van der Waals surface area contributed by atoms with Gasteiger partial charge in [0.25, 0.3) is 0 Å². The van der Waals surface area contributed by atoms with Crippen molar-refractivity contribution in [3.63, 3.8) is 0 Å². The van der Waals surface area contributed by atoms with Crippen LogP contribution in [-0.2, 0) is 17.3 Å². The van der Waals surface area contributed by atoms with Gasteiger partial charge in [-0.05, 0) is 35.6 Å². The Morgan fingerprint density at radius 1 is 1.27 bits per heavy atom. The fourth-order valence-corrected chi connectivity index (χ4v) is 3.44. The molecule has 0 aliphatic carbocycles. The molecule has 1 aromatic carbocycles. The minimum absolute atomic E-state index is 0.0462. The maximum Gasteiger partial charge on any atom is 0.315 e. The van der Waals surface area contributed by atoms with Crippen molar-refractivity contribution in [2.75, 3.05) is 6.26 Å². The largest absolute Gasteiger partial charge is 0.334 e. The highest BCUT2D eigenvalue weighted by Gasteiger charge is 2.13. The number of carbonyl (C=O) groups is 1. The molecule has 0 bridgehead atoms. The molecule has 0 unspecified atom stereocenters. The van der Waals surface area contributed by atoms with Crippen LogP contribution in [0, 0.1) is 0 Å². The smallest absolute Gasteiger partial charge is 0.315 e. The molecule has 6 heteroatoms. The third kappa shape index (κ3) is 4.68. The Bertz CT molecular complexity index is 624. The first kappa shape index (κ1) is 16.7. The normalized spacial score (nSPS) is 13.4. The average molecular weight is 336 g/mol. The van der Waals surface area contributed by atoms with Crippen molar-refractivity contribution in [2.24, 2.45) is 0 Å². The lowest BCUT2D eigenvalue weighted by Crippen LogP contribution is -2.37. The summed E-state index contributed by atoms with van der Waals surface area (Å²) in [6.07, 6.45) is 2.50. The Hall–Kier alpha value is -1.66. The zero-order valence-corrected chi connectivity index (χ0v) is 14.3. The maximum atomic E-state index is 12.0. The van der Waals surface area contributed by atoms with Gasteiger partial charge in [-0.2, -0.15) is 0 Å². The minimum Gasteiger partial charge on any atom is -0.334 e. The summed E-state index contributed by atoms with van der Waals surface area (Å²) in [5.41, 5.74) is 0.980. The molecule has 1 aromatic heterocycles. The Kier molecular flexibility index (Phi) is 6.15. The van der Waals surface area contributed by atoms with Crippen LogP contribution in [0.4, 0.5) is 4.79 Å². The fraction of sp³-hybridized carbons (Fsp3) is 0.312. The number of benzene rings is 1. The maximum absolute atomic E-state index is 12.0. The van der Waals surface area contributed by atoms with Gasteiger partial charge < -0.3 is 10.6 Å². The summed E-state index contributed by atoms with van der Waals surface area (Å²) < 4.78 is 11.3. The van der Waals surface area contributed by atoms with Gasteiger partial charge in [-0.3, -0.25) is 4.21 Å². The first-order valence-corrected chi connectivity index (χ1v) is 9.54. The van der Waals surface area contributed by atoms with Crippen molar-refractivity contribution in [1.82, 2.24) is 10.6 Å². The first-order valence-electron chi connectivity index (χ1n) is 7.10. The second-order valence-electron chi connectivity index (χ2n) is 4.90. The van der Waals surface area contributed by atoms with Crippen LogP contribution in [0.5, 0.6) is 0 Å². The van der Waals surface area contributed by atoms with Gasteiger partial charge in [0.1, 0.15) is 0 Å². The molecule has 0 saturated carbocycles. The first-order chi connectivity index (χ1) is 10.6. The van der Waals surface area contributed by atoms with Crippen LogP contribution in [0.3, 0.4) is 0 Å². The summed E-state index contributed by atoms with van der Waals surface area (Å²) in [7, 11) is -0.975. The van der Waals surface area contributed by atoms with Crippen LogP contribution in [0.25, 0.3) is 0 Å². The van der Waals surface area contributed by atoms with E-state index in [1.807, 2.05) is 48.7 Å². The van der Waals surface area contributed by atoms with Gasteiger partial charge in [-0.25, -0.2) is 4.79 Å². The van der Waals surface area contributed by atoms with Crippen LogP contribution < -0.4 is 10.6 Å². The molecule has 22 heavy (non-hydrogen) atoms. The van der Waals surface area contributed by atoms with Gasteiger partial charge in [-0.1, -0.05) is 25.1 Å². The Morgan fingerprint density at radius 3 is 2.55 bits per heavy atom. The molecule has 0 fully saturated rings. The summed E-state index contributed by atoms with van der Waals surface area (Å²) in [6.45, 7) is 2.50. The molecule has 4 nitrogen and oxygen atoms in total. The number of hydrogen-bond donors (Lipinski definition) is 2. The van der Waals surface area contributed by atoms with Gasteiger partial charge in [-0.15, -0.1) is 11.3 Å². The highest BCUT2D eigenvalue weighted by molar-refractivity contribution is 7.84. The second kappa shape index (κ2) is 8.10. The molecular formula is C16H20N2O2S2. The molecule has 0 aliphatic rings. The zero-order valence-electron chi connectivity index (χ0n) is 12.7. The van der Waals surface area contributed by atoms with Gasteiger partial charge in [0.2, 0.25) is 0 Å².